The third-order valence-electron chi connectivity index (χ3n) is 2.51. The summed E-state index contributed by atoms with van der Waals surface area (Å²) in [6.45, 7) is 5.87. The summed E-state index contributed by atoms with van der Waals surface area (Å²) in [5, 5.41) is 8.86. The van der Waals surface area contributed by atoms with Gasteiger partial charge in [-0.25, -0.2) is 8.42 Å². The van der Waals surface area contributed by atoms with Crippen LogP contribution >= 0.6 is 27.3 Å². The molecule has 0 aliphatic heterocycles. The summed E-state index contributed by atoms with van der Waals surface area (Å²) in [6.07, 6.45) is 0.447. The van der Waals surface area contributed by atoms with Crippen LogP contribution in [-0.4, -0.2) is 37.0 Å². The third-order valence-corrected chi connectivity index (χ3v) is 7.17. The molecule has 0 saturated carbocycles. The number of halogens is 1. The summed E-state index contributed by atoms with van der Waals surface area (Å²) in [5.41, 5.74) is 0.921. The lowest BCUT2D eigenvalue weighted by atomic mass is 10.3. The van der Waals surface area contributed by atoms with Crippen LogP contribution in [0.1, 0.15) is 25.8 Å². The highest BCUT2D eigenvalue weighted by Gasteiger charge is 2.28. The van der Waals surface area contributed by atoms with Gasteiger partial charge < -0.3 is 5.11 Å². The van der Waals surface area contributed by atoms with Crippen LogP contribution in [0.5, 0.6) is 0 Å². The largest absolute Gasteiger partial charge is 0.396 e. The predicted octanol–water partition coefficient (Wildman–Crippen LogP) is 2.60. The molecule has 104 valence electrons. The van der Waals surface area contributed by atoms with Gasteiger partial charge in [0.2, 0.25) is 0 Å². The SMILES string of the molecule is Cc1cc(S(=O)(=O)N(CCCO)C(C)C)sc1Br. The van der Waals surface area contributed by atoms with Gasteiger partial charge in [-0.15, -0.1) is 11.3 Å². The molecule has 4 nitrogen and oxygen atoms in total. The Morgan fingerprint density at radius 1 is 1.50 bits per heavy atom. The van der Waals surface area contributed by atoms with Gasteiger partial charge in [-0.05, 0) is 54.8 Å². The minimum atomic E-state index is -3.46. The highest BCUT2D eigenvalue weighted by molar-refractivity contribution is 9.11. The Kier molecular flexibility index (Phi) is 5.79. The van der Waals surface area contributed by atoms with Crippen LogP contribution in [0.15, 0.2) is 14.1 Å². The second-order valence-corrected chi connectivity index (χ2v) is 8.80. The number of hydrogen-bond acceptors (Lipinski definition) is 4. The molecule has 0 aromatic carbocycles. The lowest BCUT2D eigenvalue weighted by Crippen LogP contribution is -2.37. The molecule has 7 heteroatoms. The number of aliphatic hydroxyl groups is 1. The van der Waals surface area contributed by atoms with Crippen molar-refractivity contribution in [1.82, 2.24) is 4.31 Å². The van der Waals surface area contributed by atoms with E-state index in [0.29, 0.717) is 17.2 Å². The first kappa shape index (κ1) is 16.1. The summed E-state index contributed by atoms with van der Waals surface area (Å²) < 4.78 is 27.6. The van der Waals surface area contributed by atoms with E-state index in [0.717, 1.165) is 9.35 Å². The van der Waals surface area contributed by atoms with Gasteiger partial charge in [0, 0.05) is 19.2 Å². The molecule has 0 aliphatic carbocycles. The smallest absolute Gasteiger partial charge is 0.252 e. The van der Waals surface area contributed by atoms with Crippen molar-refractivity contribution >= 4 is 37.3 Å². The maximum absolute atomic E-state index is 12.5. The van der Waals surface area contributed by atoms with E-state index >= 15 is 0 Å². The van der Waals surface area contributed by atoms with Crippen molar-refractivity contribution in [1.29, 1.82) is 0 Å². The summed E-state index contributed by atoms with van der Waals surface area (Å²) in [6, 6.07) is 1.56. The molecule has 0 unspecified atom stereocenters. The first-order valence-electron chi connectivity index (χ1n) is 5.69. The molecule has 1 aromatic rings. The molecule has 0 aliphatic rings. The third kappa shape index (κ3) is 3.54. The quantitative estimate of drug-likeness (QED) is 0.852. The number of aryl methyl sites for hydroxylation is 1. The number of aliphatic hydroxyl groups excluding tert-OH is 1. The topological polar surface area (TPSA) is 57.6 Å². The fraction of sp³-hybridized carbons (Fsp3) is 0.636. The molecule has 1 rings (SSSR count). The molecule has 0 atom stereocenters. The number of thiophene rings is 1. The van der Waals surface area contributed by atoms with E-state index in [1.807, 2.05) is 20.8 Å². The molecular formula is C11H18BrNO3S2. The number of hydrogen-bond donors (Lipinski definition) is 1. The molecule has 1 aromatic heterocycles. The number of sulfonamides is 1. The Balaban J connectivity index is 3.08. The zero-order chi connectivity index (χ0) is 13.9. The van der Waals surface area contributed by atoms with Gasteiger partial charge in [-0.2, -0.15) is 4.31 Å². The summed E-state index contributed by atoms with van der Waals surface area (Å²) in [4.78, 5) is 0. The minimum absolute atomic E-state index is 0.00803. The van der Waals surface area contributed by atoms with Crippen LogP contribution in [0.2, 0.25) is 0 Å². The average molecular weight is 356 g/mol. The minimum Gasteiger partial charge on any atom is -0.396 e. The van der Waals surface area contributed by atoms with E-state index < -0.39 is 10.0 Å². The van der Waals surface area contributed by atoms with Crippen molar-refractivity contribution in [3.05, 3.63) is 15.4 Å². The van der Waals surface area contributed by atoms with Crippen molar-refractivity contribution in [2.75, 3.05) is 13.2 Å². The number of nitrogens with zero attached hydrogens (tertiary/aromatic N) is 1. The standard InChI is InChI=1S/C11H18BrNO3S2/c1-8(2)13(5-4-6-14)18(15,16)10-7-9(3)11(12)17-10/h7-8,14H,4-6H2,1-3H3. The van der Waals surface area contributed by atoms with E-state index in [9.17, 15) is 8.42 Å². The van der Waals surface area contributed by atoms with Gasteiger partial charge in [-0.1, -0.05) is 0 Å². The van der Waals surface area contributed by atoms with E-state index in [1.54, 1.807) is 6.07 Å². The summed E-state index contributed by atoms with van der Waals surface area (Å²) in [7, 11) is -3.46. The van der Waals surface area contributed by atoms with E-state index in [2.05, 4.69) is 15.9 Å². The Morgan fingerprint density at radius 3 is 2.50 bits per heavy atom. The maximum atomic E-state index is 12.5. The molecule has 0 fully saturated rings. The molecular weight excluding hydrogens is 338 g/mol. The highest BCUT2D eigenvalue weighted by Crippen LogP contribution is 2.32. The zero-order valence-corrected chi connectivity index (χ0v) is 13.9. The first-order chi connectivity index (χ1) is 8.30. The van der Waals surface area contributed by atoms with E-state index in [4.69, 9.17) is 5.11 Å². The van der Waals surface area contributed by atoms with E-state index in [1.165, 1.54) is 15.6 Å². The first-order valence-corrected chi connectivity index (χ1v) is 8.74. The van der Waals surface area contributed by atoms with Gasteiger partial charge in [0.05, 0.1) is 3.79 Å². The highest BCUT2D eigenvalue weighted by atomic mass is 79.9. The van der Waals surface area contributed by atoms with Crippen LogP contribution in [0.4, 0.5) is 0 Å². The lowest BCUT2D eigenvalue weighted by molar-refractivity contribution is 0.258. The molecule has 18 heavy (non-hydrogen) atoms. The average Bonchev–Trinajstić information content (AvgIpc) is 2.59. The van der Waals surface area contributed by atoms with Crippen molar-refractivity contribution in [2.45, 2.75) is 37.4 Å². The molecule has 0 saturated heterocycles. The Bertz CT molecular complexity index is 477. The fourth-order valence-corrected chi connectivity index (χ4v) is 5.59. The molecule has 1 heterocycles. The molecule has 0 spiro atoms. The summed E-state index contributed by atoms with van der Waals surface area (Å²) >= 11 is 4.57. The number of rotatable bonds is 6. The van der Waals surface area contributed by atoms with Crippen LogP contribution in [0, 0.1) is 6.92 Å². The summed E-state index contributed by atoms with van der Waals surface area (Å²) in [5.74, 6) is 0. The second kappa shape index (κ2) is 6.47. The van der Waals surface area contributed by atoms with E-state index in [-0.39, 0.29) is 12.6 Å². The van der Waals surface area contributed by atoms with Gasteiger partial charge in [0.15, 0.2) is 0 Å². The van der Waals surface area contributed by atoms with Crippen molar-refractivity contribution < 1.29 is 13.5 Å². The Labute approximate surface area is 121 Å². The molecule has 1 N–H and O–H groups in total. The Hall–Kier alpha value is 0.0500. The van der Waals surface area contributed by atoms with Crippen LogP contribution < -0.4 is 0 Å². The fourth-order valence-electron chi connectivity index (χ4n) is 1.56. The molecule has 0 amide bonds. The van der Waals surface area contributed by atoms with Crippen molar-refractivity contribution in [3.8, 4) is 0 Å². The van der Waals surface area contributed by atoms with Crippen LogP contribution in [0.25, 0.3) is 0 Å². The van der Waals surface area contributed by atoms with Crippen LogP contribution in [0.3, 0.4) is 0 Å². The molecule has 0 bridgehead atoms. The zero-order valence-electron chi connectivity index (χ0n) is 10.7. The maximum Gasteiger partial charge on any atom is 0.252 e. The Morgan fingerprint density at radius 2 is 2.11 bits per heavy atom. The lowest BCUT2D eigenvalue weighted by Gasteiger charge is -2.24. The normalized spacial score (nSPS) is 12.6. The van der Waals surface area contributed by atoms with Crippen molar-refractivity contribution in [2.24, 2.45) is 0 Å². The van der Waals surface area contributed by atoms with Crippen LogP contribution in [-0.2, 0) is 10.0 Å². The van der Waals surface area contributed by atoms with Gasteiger partial charge in [-0.3, -0.25) is 0 Å². The van der Waals surface area contributed by atoms with Gasteiger partial charge in [0.25, 0.3) is 10.0 Å². The molecule has 0 radical (unpaired) electrons. The van der Waals surface area contributed by atoms with Crippen molar-refractivity contribution in [3.63, 3.8) is 0 Å². The van der Waals surface area contributed by atoms with Gasteiger partial charge in [0.1, 0.15) is 4.21 Å². The second-order valence-electron chi connectivity index (χ2n) is 4.31. The predicted molar refractivity (Wildman–Crippen MR) is 77.5 cm³/mol. The van der Waals surface area contributed by atoms with Gasteiger partial charge >= 0.3 is 0 Å². The monoisotopic (exact) mass is 355 g/mol.